The summed E-state index contributed by atoms with van der Waals surface area (Å²) in [6, 6.07) is 2.30. The summed E-state index contributed by atoms with van der Waals surface area (Å²) in [6.07, 6.45) is 14.7. The van der Waals surface area contributed by atoms with Gasteiger partial charge in [0.1, 0.15) is 0 Å². The molecule has 1 heteroatoms. The number of hydrogen-bond donors (Lipinski definition) is 0. The summed E-state index contributed by atoms with van der Waals surface area (Å²) in [5.74, 6) is 1.32. The van der Waals surface area contributed by atoms with Gasteiger partial charge in [0.05, 0.1) is 0 Å². The third-order valence-electron chi connectivity index (χ3n) is 4.10. The van der Waals surface area contributed by atoms with Gasteiger partial charge in [-0.2, -0.15) is 11.3 Å². The van der Waals surface area contributed by atoms with Gasteiger partial charge in [0, 0.05) is 5.92 Å². The smallest absolute Gasteiger partial charge is 0.00926 e. The SMILES string of the molecule is CCCCC1=CC2C(=CCC2c2ccsc2)C=C1. The van der Waals surface area contributed by atoms with Crippen LogP contribution in [-0.2, 0) is 0 Å². The van der Waals surface area contributed by atoms with Crippen molar-refractivity contribution in [1.29, 1.82) is 0 Å². The molecule has 0 bridgehead atoms. The highest BCUT2D eigenvalue weighted by molar-refractivity contribution is 7.08. The lowest BCUT2D eigenvalue weighted by Crippen LogP contribution is -2.09. The van der Waals surface area contributed by atoms with E-state index < -0.39 is 0 Å². The Morgan fingerprint density at radius 3 is 3.06 bits per heavy atom. The quantitative estimate of drug-likeness (QED) is 0.670. The van der Waals surface area contributed by atoms with E-state index in [4.69, 9.17) is 0 Å². The summed E-state index contributed by atoms with van der Waals surface area (Å²) >= 11 is 1.82. The molecule has 0 N–H and O–H groups in total. The predicted octanol–water partition coefficient (Wildman–Crippen LogP) is 5.46. The number of allylic oxidation sites excluding steroid dienone is 6. The van der Waals surface area contributed by atoms with Gasteiger partial charge >= 0.3 is 0 Å². The Hall–Kier alpha value is -1.08. The molecule has 0 aromatic carbocycles. The number of hydrogen-bond acceptors (Lipinski definition) is 1. The lowest BCUT2D eigenvalue weighted by Gasteiger charge is -2.22. The Bertz CT molecular complexity index is 488. The second-order valence-corrected chi connectivity index (χ2v) is 6.09. The average Bonchev–Trinajstić information content (AvgIpc) is 3.04. The van der Waals surface area contributed by atoms with Gasteiger partial charge in [-0.15, -0.1) is 0 Å². The molecule has 0 saturated carbocycles. The van der Waals surface area contributed by atoms with Crippen LogP contribution < -0.4 is 0 Å². The van der Waals surface area contributed by atoms with E-state index in [0.717, 1.165) is 0 Å². The van der Waals surface area contributed by atoms with Crippen molar-refractivity contribution >= 4 is 11.3 Å². The van der Waals surface area contributed by atoms with E-state index >= 15 is 0 Å². The van der Waals surface area contributed by atoms with Crippen LogP contribution in [0, 0.1) is 5.92 Å². The van der Waals surface area contributed by atoms with Gasteiger partial charge in [-0.3, -0.25) is 0 Å². The van der Waals surface area contributed by atoms with Crippen LogP contribution in [0.2, 0.25) is 0 Å². The maximum absolute atomic E-state index is 2.52. The van der Waals surface area contributed by atoms with Gasteiger partial charge in [-0.05, 0) is 53.1 Å². The highest BCUT2D eigenvalue weighted by Gasteiger charge is 2.29. The molecule has 2 aliphatic carbocycles. The first-order valence-electron chi connectivity index (χ1n) is 6.99. The largest absolute Gasteiger partial charge is 0.152 e. The third kappa shape index (κ3) is 2.24. The van der Waals surface area contributed by atoms with E-state index in [2.05, 4.69) is 48.1 Å². The van der Waals surface area contributed by atoms with Crippen LogP contribution in [-0.4, -0.2) is 0 Å². The third-order valence-corrected chi connectivity index (χ3v) is 4.80. The minimum atomic E-state index is 0.636. The summed E-state index contributed by atoms with van der Waals surface area (Å²) in [6.45, 7) is 2.27. The van der Waals surface area contributed by atoms with Gasteiger partial charge in [0.2, 0.25) is 0 Å². The van der Waals surface area contributed by atoms with Gasteiger partial charge in [0.15, 0.2) is 0 Å². The fourth-order valence-corrected chi connectivity index (χ4v) is 3.76. The number of thiophene rings is 1. The minimum Gasteiger partial charge on any atom is -0.152 e. The van der Waals surface area contributed by atoms with Crippen molar-refractivity contribution in [3.8, 4) is 0 Å². The van der Waals surface area contributed by atoms with Crippen molar-refractivity contribution in [1.82, 2.24) is 0 Å². The molecule has 0 amide bonds. The molecule has 1 aromatic rings. The van der Waals surface area contributed by atoms with E-state index in [1.54, 1.807) is 5.57 Å². The molecule has 1 aromatic heterocycles. The van der Waals surface area contributed by atoms with Crippen molar-refractivity contribution in [3.05, 3.63) is 57.8 Å². The maximum Gasteiger partial charge on any atom is 0.00926 e. The zero-order valence-electron chi connectivity index (χ0n) is 10.9. The fraction of sp³-hybridized carbons (Fsp3) is 0.412. The van der Waals surface area contributed by atoms with E-state index in [9.17, 15) is 0 Å². The molecule has 0 fully saturated rings. The second-order valence-electron chi connectivity index (χ2n) is 5.31. The lowest BCUT2D eigenvalue weighted by molar-refractivity contribution is 0.619. The van der Waals surface area contributed by atoms with E-state index in [1.165, 1.54) is 36.8 Å². The van der Waals surface area contributed by atoms with E-state index in [1.807, 2.05) is 11.3 Å². The number of fused-ring (bicyclic) bond motifs is 1. The molecule has 2 atom stereocenters. The molecular weight excluding hydrogens is 236 g/mol. The molecular formula is C17H20S. The van der Waals surface area contributed by atoms with Gasteiger partial charge < -0.3 is 0 Å². The summed E-state index contributed by atoms with van der Waals surface area (Å²) < 4.78 is 0. The first-order chi connectivity index (χ1) is 8.88. The van der Waals surface area contributed by atoms with Crippen molar-refractivity contribution in [2.45, 2.75) is 38.5 Å². The van der Waals surface area contributed by atoms with Crippen LogP contribution in [0.1, 0.15) is 44.1 Å². The zero-order chi connectivity index (χ0) is 12.4. The van der Waals surface area contributed by atoms with Gasteiger partial charge in [-0.1, -0.05) is 43.2 Å². The van der Waals surface area contributed by atoms with E-state index in [-0.39, 0.29) is 0 Å². The van der Waals surface area contributed by atoms with Crippen molar-refractivity contribution in [2.75, 3.05) is 0 Å². The first-order valence-corrected chi connectivity index (χ1v) is 7.93. The van der Waals surface area contributed by atoms with Crippen LogP contribution in [0.25, 0.3) is 0 Å². The zero-order valence-corrected chi connectivity index (χ0v) is 11.7. The Balaban J connectivity index is 1.80. The summed E-state index contributed by atoms with van der Waals surface area (Å²) in [7, 11) is 0. The van der Waals surface area contributed by atoms with Gasteiger partial charge in [0.25, 0.3) is 0 Å². The summed E-state index contributed by atoms with van der Waals surface area (Å²) in [5.41, 5.74) is 4.60. The molecule has 1 heterocycles. The minimum absolute atomic E-state index is 0.636. The molecule has 0 aliphatic heterocycles. The van der Waals surface area contributed by atoms with Crippen LogP contribution in [0.4, 0.5) is 0 Å². The molecule has 2 aliphatic rings. The molecule has 0 nitrogen and oxygen atoms in total. The maximum atomic E-state index is 2.52. The molecule has 3 rings (SSSR count). The van der Waals surface area contributed by atoms with Gasteiger partial charge in [-0.25, -0.2) is 0 Å². The van der Waals surface area contributed by atoms with Crippen molar-refractivity contribution in [3.63, 3.8) is 0 Å². The molecule has 0 radical (unpaired) electrons. The van der Waals surface area contributed by atoms with Crippen LogP contribution in [0.3, 0.4) is 0 Å². The van der Waals surface area contributed by atoms with Crippen LogP contribution >= 0.6 is 11.3 Å². The molecule has 18 heavy (non-hydrogen) atoms. The first kappa shape index (κ1) is 12.0. The normalized spacial score (nSPS) is 25.8. The number of rotatable bonds is 4. The number of unbranched alkanes of at least 4 members (excludes halogenated alkanes) is 1. The Labute approximate surface area is 114 Å². The molecule has 0 saturated heterocycles. The molecule has 0 spiro atoms. The van der Waals surface area contributed by atoms with Crippen LogP contribution in [0.5, 0.6) is 0 Å². The van der Waals surface area contributed by atoms with Crippen molar-refractivity contribution in [2.24, 2.45) is 5.92 Å². The monoisotopic (exact) mass is 256 g/mol. The molecule has 2 unspecified atom stereocenters. The average molecular weight is 256 g/mol. The lowest BCUT2D eigenvalue weighted by atomic mass is 9.82. The topological polar surface area (TPSA) is 0 Å². The Kier molecular flexibility index (Phi) is 3.51. The van der Waals surface area contributed by atoms with E-state index in [0.29, 0.717) is 11.8 Å². The predicted molar refractivity (Wildman–Crippen MR) is 80.0 cm³/mol. The Morgan fingerprint density at radius 1 is 1.33 bits per heavy atom. The fourth-order valence-electron chi connectivity index (χ4n) is 3.04. The highest BCUT2D eigenvalue weighted by Crippen LogP contribution is 2.44. The summed E-state index contributed by atoms with van der Waals surface area (Å²) in [4.78, 5) is 0. The second kappa shape index (κ2) is 5.27. The Morgan fingerprint density at radius 2 is 2.28 bits per heavy atom. The molecule has 94 valence electrons. The standard InChI is InChI=1S/C17H20S/c1-2-3-4-13-5-6-14-7-8-16(17(14)11-13)15-9-10-18-12-15/h5-7,9-12,16-17H,2-4,8H2,1H3. The van der Waals surface area contributed by atoms with Crippen LogP contribution in [0.15, 0.2) is 52.3 Å². The highest BCUT2D eigenvalue weighted by atomic mass is 32.1. The van der Waals surface area contributed by atoms with Crippen molar-refractivity contribution < 1.29 is 0 Å². The summed E-state index contributed by atoms with van der Waals surface area (Å²) in [5, 5.41) is 4.52.